The maximum absolute atomic E-state index is 3.51. The fourth-order valence-electron chi connectivity index (χ4n) is 0.893. The van der Waals surface area contributed by atoms with Gasteiger partial charge in [0.2, 0.25) is 0 Å². The van der Waals surface area contributed by atoms with Gasteiger partial charge in [-0.15, -0.1) is 0 Å². The van der Waals surface area contributed by atoms with E-state index < -0.39 is 0 Å². The minimum Gasteiger partial charge on any atom is -0.0924 e. The monoisotopic (exact) mass is 288 g/mol. The van der Waals surface area contributed by atoms with Crippen molar-refractivity contribution in [2.45, 2.75) is 6.42 Å². The lowest BCUT2D eigenvalue weighted by atomic mass is 10.2. The number of allylic oxidation sites excluding steroid dienone is 1. The standard InChI is InChI=1S/C10H10Br2/c11-7-6-10(12)8-9-4-2-1-3-5-9/h1-5,8H,6-7H2. The number of benzene rings is 1. The van der Waals surface area contributed by atoms with Crippen LogP contribution in [0.1, 0.15) is 12.0 Å². The van der Waals surface area contributed by atoms with Crippen molar-refractivity contribution in [2.75, 3.05) is 5.33 Å². The first-order valence-electron chi connectivity index (χ1n) is 3.80. The predicted octanol–water partition coefficient (Wildman–Crippen LogP) is 4.21. The number of halogens is 2. The molecule has 0 radical (unpaired) electrons. The van der Waals surface area contributed by atoms with E-state index in [1.165, 1.54) is 10.0 Å². The van der Waals surface area contributed by atoms with Gasteiger partial charge in [0.05, 0.1) is 0 Å². The number of hydrogen-bond donors (Lipinski definition) is 0. The normalized spacial score (nSPS) is 11.7. The molecule has 12 heavy (non-hydrogen) atoms. The quantitative estimate of drug-likeness (QED) is 0.732. The van der Waals surface area contributed by atoms with Crippen LogP contribution in [-0.2, 0) is 0 Å². The van der Waals surface area contributed by atoms with Crippen molar-refractivity contribution >= 4 is 37.9 Å². The first-order valence-corrected chi connectivity index (χ1v) is 5.71. The lowest BCUT2D eigenvalue weighted by Crippen LogP contribution is -1.75. The molecule has 0 heterocycles. The summed E-state index contributed by atoms with van der Waals surface area (Å²) in [6.45, 7) is 0. The first-order chi connectivity index (χ1) is 5.83. The van der Waals surface area contributed by atoms with Crippen LogP contribution >= 0.6 is 31.9 Å². The number of alkyl halides is 1. The van der Waals surface area contributed by atoms with Crippen molar-refractivity contribution in [3.63, 3.8) is 0 Å². The largest absolute Gasteiger partial charge is 0.0924 e. The van der Waals surface area contributed by atoms with Crippen LogP contribution < -0.4 is 0 Å². The molecular weight excluding hydrogens is 280 g/mol. The van der Waals surface area contributed by atoms with Gasteiger partial charge >= 0.3 is 0 Å². The molecule has 64 valence electrons. The van der Waals surface area contributed by atoms with Gasteiger partial charge in [-0.3, -0.25) is 0 Å². The summed E-state index contributed by atoms with van der Waals surface area (Å²) in [6.07, 6.45) is 3.18. The van der Waals surface area contributed by atoms with Gasteiger partial charge in [-0.25, -0.2) is 0 Å². The topological polar surface area (TPSA) is 0 Å². The molecule has 0 unspecified atom stereocenters. The first kappa shape index (κ1) is 10.0. The van der Waals surface area contributed by atoms with Gasteiger partial charge in [-0.1, -0.05) is 62.2 Å². The summed E-state index contributed by atoms with van der Waals surface area (Å²) in [4.78, 5) is 0. The zero-order chi connectivity index (χ0) is 8.81. The zero-order valence-corrected chi connectivity index (χ0v) is 9.81. The van der Waals surface area contributed by atoms with Crippen LogP contribution in [0.25, 0.3) is 6.08 Å². The highest BCUT2D eigenvalue weighted by atomic mass is 79.9. The van der Waals surface area contributed by atoms with Gasteiger partial charge in [0.1, 0.15) is 0 Å². The van der Waals surface area contributed by atoms with Gasteiger partial charge in [-0.2, -0.15) is 0 Å². The molecule has 0 fully saturated rings. The second kappa shape index (κ2) is 5.55. The van der Waals surface area contributed by atoms with Crippen LogP contribution in [0.4, 0.5) is 0 Å². The van der Waals surface area contributed by atoms with E-state index in [2.05, 4.69) is 50.1 Å². The van der Waals surface area contributed by atoms with Gasteiger partial charge in [-0.05, 0) is 22.5 Å². The number of hydrogen-bond acceptors (Lipinski definition) is 0. The smallest absolute Gasteiger partial charge is 0.00769 e. The van der Waals surface area contributed by atoms with E-state index in [1.54, 1.807) is 0 Å². The predicted molar refractivity (Wildman–Crippen MR) is 61.8 cm³/mol. The van der Waals surface area contributed by atoms with Crippen molar-refractivity contribution in [1.82, 2.24) is 0 Å². The third-order valence-corrected chi connectivity index (χ3v) is 2.48. The third-order valence-electron chi connectivity index (χ3n) is 1.46. The molecule has 0 aliphatic rings. The van der Waals surface area contributed by atoms with Crippen molar-refractivity contribution < 1.29 is 0 Å². The molecule has 0 aliphatic carbocycles. The van der Waals surface area contributed by atoms with Crippen molar-refractivity contribution in [1.29, 1.82) is 0 Å². The fraction of sp³-hybridized carbons (Fsp3) is 0.200. The van der Waals surface area contributed by atoms with Crippen LogP contribution in [0.2, 0.25) is 0 Å². The Hall–Kier alpha value is -0.0800. The lowest BCUT2D eigenvalue weighted by Gasteiger charge is -1.95. The third kappa shape index (κ3) is 3.55. The summed E-state index contributed by atoms with van der Waals surface area (Å²) >= 11 is 6.90. The van der Waals surface area contributed by atoms with E-state index in [9.17, 15) is 0 Å². The van der Waals surface area contributed by atoms with E-state index in [0.29, 0.717) is 0 Å². The summed E-state index contributed by atoms with van der Waals surface area (Å²) < 4.78 is 1.23. The summed E-state index contributed by atoms with van der Waals surface area (Å²) in [5.74, 6) is 0. The molecule has 0 aliphatic heterocycles. The van der Waals surface area contributed by atoms with E-state index >= 15 is 0 Å². The molecule has 2 heteroatoms. The molecule has 1 aromatic rings. The molecule has 0 amide bonds. The van der Waals surface area contributed by atoms with Crippen LogP contribution in [0, 0.1) is 0 Å². The van der Waals surface area contributed by atoms with Crippen LogP contribution in [-0.4, -0.2) is 5.33 Å². The molecule has 0 aromatic heterocycles. The van der Waals surface area contributed by atoms with E-state index in [1.807, 2.05) is 18.2 Å². The van der Waals surface area contributed by atoms with Crippen molar-refractivity contribution in [2.24, 2.45) is 0 Å². The SMILES string of the molecule is BrCCC(Br)=Cc1ccccc1. The van der Waals surface area contributed by atoms with Gasteiger partial charge in [0, 0.05) is 5.33 Å². The summed E-state index contributed by atoms with van der Waals surface area (Å²) in [5.41, 5.74) is 1.24. The Kier molecular flexibility index (Phi) is 4.62. The van der Waals surface area contributed by atoms with Gasteiger partial charge in [0.25, 0.3) is 0 Å². The Morgan fingerprint density at radius 1 is 1.25 bits per heavy atom. The highest BCUT2D eigenvalue weighted by Gasteiger charge is 1.90. The average Bonchev–Trinajstić information content (AvgIpc) is 2.06. The Morgan fingerprint density at radius 2 is 1.92 bits per heavy atom. The van der Waals surface area contributed by atoms with Crippen LogP contribution in [0.3, 0.4) is 0 Å². The van der Waals surface area contributed by atoms with E-state index in [-0.39, 0.29) is 0 Å². The molecular formula is C10H10Br2. The van der Waals surface area contributed by atoms with Gasteiger partial charge < -0.3 is 0 Å². The maximum Gasteiger partial charge on any atom is 0.00769 e. The molecule has 1 rings (SSSR count). The second-order valence-electron chi connectivity index (χ2n) is 2.44. The Morgan fingerprint density at radius 3 is 2.50 bits per heavy atom. The Balaban J connectivity index is 2.67. The molecule has 0 nitrogen and oxygen atoms in total. The second-order valence-corrected chi connectivity index (χ2v) is 4.25. The van der Waals surface area contributed by atoms with Crippen molar-refractivity contribution in [3.05, 3.63) is 40.4 Å². The zero-order valence-electron chi connectivity index (χ0n) is 6.63. The van der Waals surface area contributed by atoms with E-state index in [4.69, 9.17) is 0 Å². The average molecular weight is 290 g/mol. The minimum atomic E-state index is 0.997. The summed E-state index contributed by atoms with van der Waals surface area (Å²) in [7, 11) is 0. The van der Waals surface area contributed by atoms with Crippen LogP contribution in [0.15, 0.2) is 34.8 Å². The molecule has 0 atom stereocenters. The van der Waals surface area contributed by atoms with Crippen molar-refractivity contribution in [3.8, 4) is 0 Å². The highest BCUT2D eigenvalue weighted by molar-refractivity contribution is 9.12. The van der Waals surface area contributed by atoms with Gasteiger partial charge in [0.15, 0.2) is 0 Å². The molecule has 0 N–H and O–H groups in total. The maximum atomic E-state index is 3.51. The van der Waals surface area contributed by atoms with E-state index in [0.717, 1.165) is 11.8 Å². The Bertz CT molecular complexity index is 252. The molecule has 1 aromatic carbocycles. The molecule has 0 spiro atoms. The molecule has 0 bridgehead atoms. The summed E-state index contributed by atoms with van der Waals surface area (Å²) in [5, 5.41) is 0.997. The molecule has 0 saturated carbocycles. The minimum absolute atomic E-state index is 0.997. The summed E-state index contributed by atoms with van der Waals surface area (Å²) in [6, 6.07) is 10.3. The lowest BCUT2D eigenvalue weighted by molar-refractivity contribution is 1.25. The van der Waals surface area contributed by atoms with Crippen LogP contribution in [0.5, 0.6) is 0 Å². The number of rotatable bonds is 3. The Labute approximate surface area is 89.9 Å². The molecule has 0 saturated heterocycles. The highest BCUT2D eigenvalue weighted by Crippen LogP contribution is 2.16. The fourth-order valence-corrected chi connectivity index (χ4v) is 2.31.